The number of nitrogens with one attached hydrogen (secondary N) is 2. The number of anilines is 2. The molecule has 0 spiro atoms. The number of aryl methyl sites for hydroxylation is 2. The van der Waals surface area contributed by atoms with E-state index in [1.54, 1.807) is 12.1 Å². The van der Waals surface area contributed by atoms with Crippen LogP contribution in [0.1, 0.15) is 115 Å². The Kier molecular flexibility index (Phi) is 19.4. The third-order valence-electron chi connectivity index (χ3n) is 13.3. The minimum atomic E-state index is -0.144. The van der Waals surface area contributed by atoms with E-state index >= 15 is 0 Å². The molecule has 2 aromatic carbocycles. The van der Waals surface area contributed by atoms with Crippen molar-refractivity contribution in [3.63, 3.8) is 0 Å². The number of amides is 2. The van der Waals surface area contributed by atoms with E-state index in [4.69, 9.17) is 10.5 Å². The summed E-state index contributed by atoms with van der Waals surface area (Å²) >= 11 is 0. The first-order valence-electron chi connectivity index (χ1n) is 23.0. The highest BCUT2D eigenvalue weighted by molar-refractivity contribution is 5.78. The lowest BCUT2D eigenvalue weighted by Crippen LogP contribution is -2.47. The first-order valence-corrected chi connectivity index (χ1v) is 23.0. The van der Waals surface area contributed by atoms with Crippen molar-refractivity contribution in [2.75, 3.05) is 75.2 Å². The lowest BCUT2D eigenvalue weighted by atomic mass is 9.84. The van der Waals surface area contributed by atoms with E-state index in [1.165, 1.54) is 36.8 Å². The minimum absolute atomic E-state index is 0.0431. The molecule has 6 rings (SSSR count). The third-order valence-corrected chi connectivity index (χ3v) is 13.3. The molecule has 2 heterocycles. The van der Waals surface area contributed by atoms with Crippen molar-refractivity contribution in [3.05, 3.63) is 59.2 Å². The van der Waals surface area contributed by atoms with Gasteiger partial charge in [-0.3, -0.25) is 19.4 Å². The second-order valence-electron chi connectivity index (χ2n) is 17.4. The first kappa shape index (κ1) is 46.8. The highest BCUT2D eigenvalue weighted by atomic mass is 19.1. The highest BCUT2D eigenvalue weighted by Crippen LogP contribution is 2.30. The smallest absolute Gasteiger partial charge is 0.234 e. The fourth-order valence-corrected chi connectivity index (χ4v) is 9.37. The maximum atomic E-state index is 14.3. The topological polar surface area (TPSA) is 119 Å². The molecule has 2 saturated heterocycles. The molecule has 2 N–H and O–H groups in total. The summed E-state index contributed by atoms with van der Waals surface area (Å²) in [6.07, 6.45) is 14.6. The van der Waals surface area contributed by atoms with Gasteiger partial charge in [0.15, 0.2) is 0 Å². The van der Waals surface area contributed by atoms with Crippen LogP contribution in [0.2, 0.25) is 0 Å². The van der Waals surface area contributed by atoms with Gasteiger partial charge in [-0.15, -0.1) is 0 Å². The molecule has 328 valence electrons. The lowest BCUT2D eigenvalue weighted by Gasteiger charge is -2.37. The molecule has 2 aliphatic carbocycles. The Labute approximate surface area is 358 Å². The first-order chi connectivity index (χ1) is 29.2. The second-order valence-corrected chi connectivity index (χ2v) is 17.4. The largest absolute Gasteiger partial charge is 0.367 e. The van der Waals surface area contributed by atoms with Crippen LogP contribution in [0.25, 0.3) is 0 Å². The van der Waals surface area contributed by atoms with Gasteiger partial charge in [-0.2, -0.15) is 10.5 Å². The Bertz CT molecular complexity index is 1710. The molecule has 2 amide bonds. The molecule has 4 fully saturated rings. The zero-order valence-corrected chi connectivity index (χ0v) is 36.4. The molecule has 10 nitrogen and oxygen atoms in total. The van der Waals surface area contributed by atoms with Gasteiger partial charge in [0.25, 0.3) is 0 Å². The summed E-state index contributed by atoms with van der Waals surface area (Å²) in [6, 6.07) is 15.5. The van der Waals surface area contributed by atoms with Crippen LogP contribution in [0.4, 0.5) is 20.2 Å². The van der Waals surface area contributed by atoms with Crippen molar-refractivity contribution in [1.82, 2.24) is 20.4 Å². The summed E-state index contributed by atoms with van der Waals surface area (Å²) < 4.78 is 28.5. The molecule has 0 atom stereocenters. The van der Waals surface area contributed by atoms with Crippen LogP contribution in [0, 0.1) is 46.1 Å². The number of nitrogens with zero attached hydrogens (tertiary/aromatic N) is 6. The van der Waals surface area contributed by atoms with Crippen molar-refractivity contribution in [1.29, 1.82) is 10.5 Å². The average molecular weight is 829 g/mol. The molecule has 2 aliphatic heterocycles. The van der Waals surface area contributed by atoms with Gasteiger partial charge in [0, 0.05) is 77.3 Å². The summed E-state index contributed by atoms with van der Waals surface area (Å²) in [4.78, 5) is 32.9. The molecule has 12 heteroatoms. The summed E-state index contributed by atoms with van der Waals surface area (Å²) in [7, 11) is 0. The van der Waals surface area contributed by atoms with E-state index in [-0.39, 0.29) is 35.9 Å². The fourth-order valence-electron chi connectivity index (χ4n) is 9.37. The molecule has 0 unspecified atom stereocenters. The summed E-state index contributed by atoms with van der Waals surface area (Å²) in [5.74, 6) is 1.18. The quantitative estimate of drug-likeness (QED) is 0.165. The molecule has 4 aliphatic rings. The van der Waals surface area contributed by atoms with Gasteiger partial charge in [-0.25, -0.2) is 8.78 Å². The monoisotopic (exact) mass is 829 g/mol. The zero-order chi connectivity index (χ0) is 42.7. The lowest BCUT2D eigenvalue weighted by molar-refractivity contribution is -0.122. The van der Waals surface area contributed by atoms with Gasteiger partial charge >= 0.3 is 0 Å². The molecule has 2 aromatic rings. The number of benzene rings is 2. The van der Waals surface area contributed by atoms with Crippen LogP contribution in [0.5, 0.6) is 0 Å². The predicted molar refractivity (Wildman–Crippen MR) is 236 cm³/mol. The molecule has 60 heavy (non-hydrogen) atoms. The number of carbonyl (C=O) groups is 2. The maximum absolute atomic E-state index is 14.3. The molecule has 0 radical (unpaired) electrons. The molecular formula is C48H70F2N8O2. The van der Waals surface area contributed by atoms with E-state index in [9.17, 15) is 18.4 Å². The van der Waals surface area contributed by atoms with Gasteiger partial charge in [-0.05, 0) is 144 Å². The van der Waals surface area contributed by atoms with Gasteiger partial charge < -0.3 is 20.4 Å². The summed E-state index contributed by atoms with van der Waals surface area (Å²) in [5, 5.41) is 23.3. The van der Waals surface area contributed by atoms with Crippen molar-refractivity contribution in [3.8, 4) is 12.1 Å². The van der Waals surface area contributed by atoms with Gasteiger partial charge in [0.2, 0.25) is 11.8 Å². The number of carbonyl (C=O) groups excluding carboxylic acids is 2. The normalized spacial score (nSPS) is 22.5. The average Bonchev–Trinajstić information content (AvgIpc) is 3.27. The molecular weight excluding hydrogens is 759 g/mol. The van der Waals surface area contributed by atoms with Gasteiger partial charge in [0.05, 0.1) is 23.5 Å². The Morgan fingerprint density at radius 2 is 1.07 bits per heavy atom. The Morgan fingerprint density at radius 3 is 1.47 bits per heavy atom. The molecule has 2 saturated carbocycles. The number of rotatable bonds is 16. The summed E-state index contributed by atoms with van der Waals surface area (Å²) in [5.41, 5.74) is 3.88. The fraction of sp³-hybridized carbons (Fsp3) is 0.667. The van der Waals surface area contributed by atoms with Crippen molar-refractivity contribution in [2.45, 2.75) is 129 Å². The summed E-state index contributed by atoms with van der Waals surface area (Å²) in [6.45, 7) is 13.9. The van der Waals surface area contributed by atoms with Crippen LogP contribution in [0.3, 0.4) is 0 Å². The third kappa shape index (κ3) is 15.0. The van der Waals surface area contributed by atoms with Crippen LogP contribution < -0.4 is 20.4 Å². The zero-order valence-electron chi connectivity index (χ0n) is 36.4. The number of hydrogen-bond acceptors (Lipinski definition) is 8. The number of halogens is 2. The van der Waals surface area contributed by atoms with Crippen LogP contribution in [-0.2, 0) is 22.4 Å². The van der Waals surface area contributed by atoms with E-state index in [2.05, 4.69) is 50.1 Å². The predicted octanol–water partition coefficient (Wildman–Crippen LogP) is 7.76. The Hall–Kier alpha value is -4.26. The van der Waals surface area contributed by atoms with Crippen molar-refractivity contribution >= 4 is 23.2 Å². The van der Waals surface area contributed by atoms with E-state index < -0.39 is 0 Å². The van der Waals surface area contributed by atoms with E-state index in [0.717, 1.165) is 140 Å². The Morgan fingerprint density at radius 1 is 0.633 bits per heavy atom. The van der Waals surface area contributed by atoms with E-state index in [0.29, 0.717) is 25.3 Å². The van der Waals surface area contributed by atoms with Crippen LogP contribution >= 0.6 is 0 Å². The number of nitriles is 2. The minimum Gasteiger partial charge on any atom is -0.367 e. The van der Waals surface area contributed by atoms with Crippen LogP contribution in [0.15, 0.2) is 36.4 Å². The molecule has 0 bridgehead atoms. The van der Waals surface area contributed by atoms with Crippen molar-refractivity contribution in [2.24, 2.45) is 11.8 Å². The highest BCUT2D eigenvalue weighted by Gasteiger charge is 2.26. The standard InChI is InChI=1S/C25H37FN4O.C23H33FN4O/c1-2-20-8-11-23(26)24(19-20)30-17-15-29(16-18-30)14-12-21-6-9-22(10-7-21)28-25(31)5-3-4-13-27;1-2-18-5-8-21(24)22(17-18)28-15-13-27(14-16-28)12-10-19-3-6-20(7-4-19)26-23(29)9-11-25/h8,11,19,21-22H,2-7,9-10,12,14-18H2,1H3,(H,28,31);5,8,17,19-20H,2-4,6-7,9-10,12-16H2,1H3,(H,26,29). The number of piperazine rings is 2. The van der Waals surface area contributed by atoms with Gasteiger partial charge in [0.1, 0.15) is 18.1 Å². The molecule has 0 aromatic heterocycles. The van der Waals surface area contributed by atoms with Crippen LogP contribution in [-0.4, -0.2) is 99.1 Å². The number of hydrogen-bond donors (Lipinski definition) is 2. The van der Waals surface area contributed by atoms with Gasteiger partial charge in [-0.1, -0.05) is 26.0 Å². The Balaban J connectivity index is 0.000000228. The second kappa shape index (κ2) is 24.9. The maximum Gasteiger partial charge on any atom is 0.234 e. The van der Waals surface area contributed by atoms with E-state index in [1.807, 2.05) is 30.3 Å². The number of unbranched alkanes of at least 4 members (excludes halogenated alkanes) is 1. The SMILES string of the molecule is CCc1ccc(F)c(N2CCN(CCC3CCC(NC(=O)CC#N)CC3)CC2)c1.CCc1ccc(F)c(N2CCN(CCC3CCC(NC(=O)CCCC#N)CC3)CC2)c1. The van der Waals surface area contributed by atoms with Crippen molar-refractivity contribution < 1.29 is 18.4 Å².